The van der Waals surface area contributed by atoms with Gasteiger partial charge in [-0.15, -0.1) is 0 Å². The van der Waals surface area contributed by atoms with Crippen molar-refractivity contribution in [1.82, 2.24) is 0 Å². The Bertz CT molecular complexity index is 673. The lowest BCUT2D eigenvalue weighted by Crippen LogP contribution is -2.18. The van der Waals surface area contributed by atoms with Crippen LogP contribution in [0.15, 0.2) is 42.5 Å². The minimum Gasteiger partial charge on any atom is -0.486 e. The van der Waals surface area contributed by atoms with Crippen LogP contribution in [0.2, 0.25) is 0 Å². The van der Waals surface area contributed by atoms with Gasteiger partial charge in [0.1, 0.15) is 13.2 Å². The van der Waals surface area contributed by atoms with Crippen LogP contribution in [0.25, 0.3) is 0 Å². The highest BCUT2D eigenvalue weighted by Crippen LogP contribution is 2.32. The van der Waals surface area contributed by atoms with Gasteiger partial charge in [0.15, 0.2) is 11.5 Å². The van der Waals surface area contributed by atoms with E-state index in [-0.39, 0.29) is 5.91 Å². The van der Waals surface area contributed by atoms with Crippen LogP contribution in [0.1, 0.15) is 10.4 Å². The Kier molecular flexibility index (Phi) is 3.61. The largest absolute Gasteiger partial charge is 0.486 e. The summed E-state index contributed by atoms with van der Waals surface area (Å²) in [4.78, 5) is 12.3. The lowest BCUT2D eigenvalue weighted by molar-refractivity contribution is 0.102. The van der Waals surface area contributed by atoms with E-state index < -0.39 is 0 Å². The Morgan fingerprint density at radius 2 is 1.81 bits per heavy atom. The number of ether oxygens (including phenoxy) is 2. The van der Waals surface area contributed by atoms with Crippen LogP contribution in [0.3, 0.4) is 0 Å². The molecule has 1 aliphatic rings. The fraction of sp³-hybridized carbons (Fsp3) is 0.133. The second kappa shape index (κ2) is 5.72. The highest BCUT2D eigenvalue weighted by Gasteiger charge is 2.14. The minimum atomic E-state index is -0.250. The third-order valence-corrected chi connectivity index (χ3v) is 3.13. The maximum atomic E-state index is 12.3. The number of amides is 1. The molecule has 4 N–H and O–H groups in total. The Morgan fingerprint density at radius 3 is 2.62 bits per heavy atom. The summed E-state index contributed by atoms with van der Waals surface area (Å²) < 4.78 is 10.9. The number of hydrogen-bond donors (Lipinski definition) is 3. The van der Waals surface area contributed by atoms with E-state index in [1.807, 2.05) is 0 Å². The number of anilines is 2. The number of para-hydroxylation sites is 1. The molecule has 0 atom stereocenters. The van der Waals surface area contributed by atoms with Crippen molar-refractivity contribution in [1.29, 1.82) is 0 Å². The topological polar surface area (TPSA) is 85.6 Å². The standard InChI is InChI=1S/C15H15N3O3/c16-18-12-4-2-1-3-11(12)15(19)17-10-5-6-13-14(9-10)21-8-7-20-13/h1-6,9,18H,7-8,16H2,(H,17,19). The second-order valence-electron chi connectivity index (χ2n) is 4.50. The number of fused-ring (bicyclic) bond motifs is 1. The average molecular weight is 285 g/mol. The van der Waals surface area contributed by atoms with Crippen LogP contribution >= 0.6 is 0 Å². The van der Waals surface area contributed by atoms with Crippen LogP contribution in [-0.2, 0) is 0 Å². The molecule has 0 unspecified atom stereocenters. The van der Waals surface area contributed by atoms with E-state index in [2.05, 4.69) is 10.7 Å². The summed E-state index contributed by atoms with van der Waals surface area (Å²) >= 11 is 0. The van der Waals surface area contributed by atoms with Crippen molar-refractivity contribution in [2.75, 3.05) is 24.0 Å². The number of nitrogen functional groups attached to an aromatic ring is 1. The van der Waals surface area contributed by atoms with Gasteiger partial charge in [0.2, 0.25) is 0 Å². The molecule has 3 rings (SSSR count). The van der Waals surface area contributed by atoms with E-state index in [0.717, 1.165) is 0 Å². The molecule has 6 heteroatoms. The first kappa shape index (κ1) is 13.3. The molecule has 1 heterocycles. The predicted octanol–water partition coefficient (Wildman–Crippen LogP) is 2.00. The van der Waals surface area contributed by atoms with E-state index in [0.29, 0.717) is 41.7 Å². The summed E-state index contributed by atoms with van der Waals surface area (Å²) in [5.74, 6) is 6.47. The Hall–Kier alpha value is -2.73. The zero-order valence-electron chi connectivity index (χ0n) is 11.3. The van der Waals surface area contributed by atoms with Gasteiger partial charge < -0.3 is 20.2 Å². The molecule has 0 aromatic heterocycles. The number of nitrogens with two attached hydrogens (primary N) is 1. The number of carbonyl (C=O) groups is 1. The van der Waals surface area contributed by atoms with Crippen molar-refractivity contribution in [2.24, 2.45) is 5.84 Å². The van der Waals surface area contributed by atoms with Gasteiger partial charge in [-0.1, -0.05) is 12.1 Å². The van der Waals surface area contributed by atoms with E-state index in [9.17, 15) is 4.79 Å². The third kappa shape index (κ3) is 2.75. The highest BCUT2D eigenvalue weighted by atomic mass is 16.6. The van der Waals surface area contributed by atoms with Crippen molar-refractivity contribution in [3.8, 4) is 11.5 Å². The fourth-order valence-corrected chi connectivity index (χ4v) is 2.13. The summed E-state index contributed by atoms with van der Waals surface area (Å²) in [6, 6.07) is 12.3. The summed E-state index contributed by atoms with van der Waals surface area (Å²) in [6.07, 6.45) is 0. The molecule has 2 aromatic rings. The molecule has 0 aliphatic carbocycles. The van der Waals surface area contributed by atoms with Crippen molar-refractivity contribution in [3.05, 3.63) is 48.0 Å². The van der Waals surface area contributed by atoms with Crippen LogP contribution in [0.5, 0.6) is 11.5 Å². The van der Waals surface area contributed by atoms with Crippen molar-refractivity contribution < 1.29 is 14.3 Å². The molecular weight excluding hydrogens is 270 g/mol. The fourth-order valence-electron chi connectivity index (χ4n) is 2.13. The molecule has 0 bridgehead atoms. The lowest BCUT2D eigenvalue weighted by Gasteiger charge is -2.19. The van der Waals surface area contributed by atoms with E-state index in [4.69, 9.17) is 15.3 Å². The second-order valence-corrected chi connectivity index (χ2v) is 4.50. The van der Waals surface area contributed by atoms with Gasteiger partial charge in [0, 0.05) is 11.8 Å². The molecule has 0 fully saturated rings. The normalized spacial score (nSPS) is 12.6. The molecule has 0 radical (unpaired) electrons. The Labute approximate surface area is 121 Å². The van der Waals surface area contributed by atoms with Gasteiger partial charge in [-0.05, 0) is 24.3 Å². The van der Waals surface area contributed by atoms with Crippen molar-refractivity contribution in [3.63, 3.8) is 0 Å². The minimum absolute atomic E-state index is 0.250. The summed E-state index contributed by atoms with van der Waals surface area (Å²) in [6.45, 7) is 1.04. The number of nitrogens with one attached hydrogen (secondary N) is 2. The summed E-state index contributed by atoms with van der Waals surface area (Å²) in [5.41, 5.74) is 4.17. The summed E-state index contributed by atoms with van der Waals surface area (Å²) in [5, 5.41) is 2.81. The Morgan fingerprint density at radius 1 is 1.05 bits per heavy atom. The molecule has 6 nitrogen and oxygen atoms in total. The molecule has 0 saturated heterocycles. The predicted molar refractivity (Wildman–Crippen MR) is 79.6 cm³/mol. The molecule has 21 heavy (non-hydrogen) atoms. The first-order valence-corrected chi connectivity index (χ1v) is 6.54. The lowest BCUT2D eigenvalue weighted by atomic mass is 10.1. The van der Waals surface area contributed by atoms with Gasteiger partial charge in [-0.3, -0.25) is 10.6 Å². The molecule has 1 amide bonds. The highest BCUT2D eigenvalue weighted by molar-refractivity contribution is 6.08. The molecule has 1 aliphatic heterocycles. The molecule has 0 saturated carbocycles. The van der Waals surface area contributed by atoms with Gasteiger partial charge in [0.05, 0.1) is 11.3 Å². The molecule has 108 valence electrons. The maximum absolute atomic E-state index is 12.3. The average Bonchev–Trinajstić information content (AvgIpc) is 2.54. The van der Waals surface area contributed by atoms with Gasteiger partial charge in [-0.25, -0.2) is 0 Å². The summed E-state index contributed by atoms with van der Waals surface area (Å²) in [7, 11) is 0. The van der Waals surface area contributed by atoms with Gasteiger partial charge in [0.25, 0.3) is 5.91 Å². The first-order chi connectivity index (χ1) is 10.3. The third-order valence-electron chi connectivity index (χ3n) is 3.13. The Balaban J connectivity index is 1.81. The number of carbonyl (C=O) groups excluding carboxylic acids is 1. The maximum Gasteiger partial charge on any atom is 0.257 e. The number of rotatable bonds is 3. The van der Waals surface area contributed by atoms with E-state index >= 15 is 0 Å². The smallest absolute Gasteiger partial charge is 0.257 e. The van der Waals surface area contributed by atoms with Crippen molar-refractivity contribution in [2.45, 2.75) is 0 Å². The molecular formula is C15H15N3O3. The molecule has 2 aromatic carbocycles. The van der Waals surface area contributed by atoms with Crippen LogP contribution in [0, 0.1) is 0 Å². The van der Waals surface area contributed by atoms with Crippen molar-refractivity contribution >= 4 is 17.3 Å². The number of benzene rings is 2. The quantitative estimate of drug-likeness (QED) is 0.593. The SMILES string of the molecule is NNc1ccccc1C(=O)Nc1ccc2c(c1)OCCO2. The zero-order chi connectivity index (χ0) is 14.7. The van der Waals surface area contributed by atoms with Crippen LogP contribution < -0.4 is 26.1 Å². The first-order valence-electron chi connectivity index (χ1n) is 6.54. The van der Waals surface area contributed by atoms with Crippen LogP contribution in [-0.4, -0.2) is 19.1 Å². The zero-order valence-corrected chi connectivity index (χ0v) is 11.3. The molecule has 0 spiro atoms. The van der Waals surface area contributed by atoms with E-state index in [1.54, 1.807) is 42.5 Å². The van der Waals surface area contributed by atoms with Crippen LogP contribution in [0.4, 0.5) is 11.4 Å². The monoisotopic (exact) mass is 285 g/mol. The number of hydrazine groups is 1. The van der Waals surface area contributed by atoms with Gasteiger partial charge >= 0.3 is 0 Å². The van der Waals surface area contributed by atoms with E-state index in [1.165, 1.54) is 0 Å². The van der Waals surface area contributed by atoms with Gasteiger partial charge in [-0.2, -0.15) is 0 Å². The number of hydrogen-bond acceptors (Lipinski definition) is 5.